The van der Waals surface area contributed by atoms with Crippen LogP contribution >= 0.6 is 0 Å². The lowest BCUT2D eigenvalue weighted by atomic mass is 10.0. The molecule has 2 rings (SSSR count). The second-order valence-electron chi connectivity index (χ2n) is 5.45. The molecule has 0 fully saturated rings. The van der Waals surface area contributed by atoms with Crippen LogP contribution in [0.3, 0.4) is 0 Å². The molecule has 0 saturated carbocycles. The van der Waals surface area contributed by atoms with E-state index in [0.717, 1.165) is 17.5 Å². The molecule has 1 atom stereocenters. The minimum Gasteiger partial charge on any atom is -0.396 e. The average molecular weight is 333 g/mol. The van der Waals surface area contributed by atoms with E-state index in [1.165, 1.54) is 0 Å². The van der Waals surface area contributed by atoms with Crippen molar-refractivity contribution < 1.29 is 13.5 Å². The molecular weight excluding hydrogens is 310 g/mol. The van der Waals surface area contributed by atoms with E-state index >= 15 is 0 Å². The molecule has 0 bridgehead atoms. The van der Waals surface area contributed by atoms with Gasteiger partial charge in [0, 0.05) is 12.6 Å². The third kappa shape index (κ3) is 4.89. The summed E-state index contributed by atoms with van der Waals surface area (Å²) in [5, 5.41) is 9.07. The molecular formula is C18H23NO3S. The molecule has 1 unspecified atom stereocenters. The summed E-state index contributed by atoms with van der Waals surface area (Å²) in [5.74, 6) is 0. The summed E-state index contributed by atoms with van der Waals surface area (Å²) < 4.78 is 28.1. The first-order valence-electron chi connectivity index (χ1n) is 7.84. The van der Waals surface area contributed by atoms with Gasteiger partial charge in [0.2, 0.25) is 10.0 Å². The second kappa shape index (κ2) is 8.24. The summed E-state index contributed by atoms with van der Waals surface area (Å²) in [6, 6.07) is 16.1. The smallest absolute Gasteiger partial charge is 0.241 e. The van der Waals surface area contributed by atoms with Crippen LogP contribution in [0.15, 0.2) is 59.5 Å². The summed E-state index contributed by atoms with van der Waals surface area (Å²) >= 11 is 0. The molecule has 0 amide bonds. The Morgan fingerprint density at radius 3 is 2.48 bits per heavy atom. The van der Waals surface area contributed by atoms with Gasteiger partial charge in [0.25, 0.3) is 0 Å². The van der Waals surface area contributed by atoms with Crippen LogP contribution in [0.25, 0.3) is 0 Å². The van der Waals surface area contributed by atoms with E-state index in [1.807, 2.05) is 43.3 Å². The van der Waals surface area contributed by atoms with Crippen molar-refractivity contribution in [2.24, 2.45) is 0 Å². The van der Waals surface area contributed by atoms with Gasteiger partial charge in [0.05, 0.1) is 4.90 Å². The van der Waals surface area contributed by atoms with E-state index in [-0.39, 0.29) is 17.5 Å². The molecule has 0 aromatic heterocycles. The van der Waals surface area contributed by atoms with Crippen molar-refractivity contribution in [3.8, 4) is 0 Å². The highest BCUT2D eigenvalue weighted by atomic mass is 32.2. The van der Waals surface area contributed by atoms with Gasteiger partial charge in [-0.25, -0.2) is 13.1 Å². The van der Waals surface area contributed by atoms with Gasteiger partial charge >= 0.3 is 0 Å². The maximum Gasteiger partial charge on any atom is 0.241 e. The van der Waals surface area contributed by atoms with Crippen LogP contribution in [0, 0.1) is 0 Å². The molecule has 124 valence electrons. The molecule has 2 aromatic carbocycles. The number of rotatable bonds is 8. The zero-order valence-corrected chi connectivity index (χ0v) is 14.1. The Bertz CT molecular complexity index is 714. The van der Waals surface area contributed by atoms with Gasteiger partial charge in [0.15, 0.2) is 0 Å². The quantitative estimate of drug-likeness (QED) is 0.780. The summed E-state index contributed by atoms with van der Waals surface area (Å²) in [6.07, 6.45) is 1.88. The molecule has 0 spiro atoms. The zero-order valence-electron chi connectivity index (χ0n) is 13.3. The fourth-order valence-electron chi connectivity index (χ4n) is 2.46. The Labute approximate surface area is 138 Å². The van der Waals surface area contributed by atoms with Gasteiger partial charge in [-0.15, -0.1) is 0 Å². The van der Waals surface area contributed by atoms with E-state index in [2.05, 4.69) is 4.72 Å². The fourth-order valence-corrected chi connectivity index (χ4v) is 3.79. The van der Waals surface area contributed by atoms with Gasteiger partial charge in [-0.1, -0.05) is 49.4 Å². The van der Waals surface area contributed by atoms with Gasteiger partial charge in [-0.2, -0.15) is 0 Å². The molecule has 0 aliphatic rings. The summed E-state index contributed by atoms with van der Waals surface area (Å²) in [6.45, 7) is 2.03. The topological polar surface area (TPSA) is 66.4 Å². The lowest BCUT2D eigenvalue weighted by molar-refractivity contribution is 0.278. The number of aliphatic hydroxyl groups excluding tert-OH is 1. The molecule has 4 nitrogen and oxygen atoms in total. The normalized spacial score (nSPS) is 13.0. The van der Waals surface area contributed by atoms with E-state index in [0.29, 0.717) is 12.8 Å². The van der Waals surface area contributed by atoms with Crippen molar-refractivity contribution in [1.29, 1.82) is 0 Å². The standard InChI is InChI=1S/C18H23NO3S/c1-2-15-8-6-11-17(14-15)23(21,22)19-18(12-7-13-20)16-9-4-3-5-10-16/h3-6,8-11,14,18-20H,2,7,12-13H2,1H3. The van der Waals surface area contributed by atoms with Crippen LogP contribution < -0.4 is 4.72 Å². The van der Waals surface area contributed by atoms with Crippen LogP contribution in [-0.4, -0.2) is 20.1 Å². The Kier molecular flexibility index (Phi) is 6.33. The monoisotopic (exact) mass is 333 g/mol. The highest BCUT2D eigenvalue weighted by molar-refractivity contribution is 7.89. The van der Waals surface area contributed by atoms with E-state index in [1.54, 1.807) is 18.2 Å². The molecule has 5 heteroatoms. The number of hydrogen-bond donors (Lipinski definition) is 2. The second-order valence-corrected chi connectivity index (χ2v) is 7.17. The summed E-state index contributed by atoms with van der Waals surface area (Å²) in [5.41, 5.74) is 1.88. The van der Waals surface area contributed by atoms with Crippen LogP contribution in [0.1, 0.15) is 36.9 Å². The average Bonchev–Trinajstić information content (AvgIpc) is 2.59. The molecule has 2 aromatic rings. The number of aryl methyl sites for hydroxylation is 1. The maximum atomic E-state index is 12.7. The Hall–Kier alpha value is -1.69. The largest absolute Gasteiger partial charge is 0.396 e. The van der Waals surface area contributed by atoms with Crippen LogP contribution in [0.2, 0.25) is 0 Å². The number of aliphatic hydroxyl groups is 1. The maximum absolute atomic E-state index is 12.7. The van der Waals surface area contributed by atoms with Crippen LogP contribution in [-0.2, 0) is 16.4 Å². The minimum absolute atomic E-state index is 0.0381. The van der Waals surface area contributed by atoms with E-state index in [9.17, 15) is 8.42 Å². The molecule has 0 saturated heterocycles. The SMILES string of the molecule is CCc1cccc(S(=O)(=O)NC(CCCO)c2ccccc2)c1. The Balaban J connectivity index is 2.26. The van der Waals surface area contributed by atoms with Crippen LogP contribution in [0.4, 0.5) is 0 Å². The number of hydrogen-bond acceptors (Lipinski definition) is 3. The predicted molar refractivity (Wildman–Crippen MR) is 91.6 cm³/mol. The number of benzene rings is 2. The predicted octanol–water partition coefficient (Wildman–Crippen LogP) is 3.04. The van der Waals surface area contributed by atoms with Crippen molar-refractivity contribution >= 4 is 10.0 Å². The summed E-state index contributed by atoms with van der Waals surface area (Å²) in [4.78, 5) is 0.279. The van der Waals surface area contributed by atoms with Crippen molar-refractivity contribution in [3.63, 3.8) is 0 Å². The molecule has 0 aliphatic carbocycles. The highest BCUT2D eigenvalue weighted by Crippen LogP contribution is 2.22. The van der Waals surface area contributed by atoms with E-state index in [4.69, 9.17) is 5.11 Å². The minimum atomic E-state index is -3.60. The lowest BCUT2D eigenvalue weighted by Crippen LogP contribution is -2.29. The molecule has 0 aliphatic heterocycles. The fraction of sp³-hybridized carbons (Fsp3) is 0.333. The zero-order chi connectivity index (χ0) is 16.7. The third-order valence-corrected chi connectivity index (χ3v) is 5.24. The Morgan fingerprint density at radius 2 is 1.83 bits per heavy atom. The molecule has 2 N–H and O–H groups in total. The first-order chi connectivity index (χ1) is 11.1. The highest BCUT2D eigenvalue weighted by Gasteiger charge is 2.21. The first kappa shape index (κ1) is 17.7. The lowest BCUT2D eigenvalue weighted by Gasteiger charge is -2.19. The van der Waals surface area contributed by atoms with Gasteiger partial charge < -0.3 is 5.11 Å². The molecule has 0 heterocycles. The van der Waals surface area contributed by atoms with Gasteiger partial charge in [-0.05, 0) is 42.5 Å². The first-order valence-corrected chi connectivity index (χ1v) is 9.32. The van der Waals surface area contributed by atoms with E-state index < -0.39 is 10.0 Å². The van der Waals surface area contributed by atoms with Gasteiger partial charge in [0.1, 0.15) is 0 Å². The van der Waals surface area contributed by atoms with Crippen molar-refractivity contribution in [2.75, 3.05) is 6.61 Å². The Morgan fingerprint density at radius 1 is 1.09 bits per heavy atom. The van der Waals surface area contributed by atoms with Crippen LogP contribution in [0.5, 0.6) is 0 Å². The van der Waals surface area contributed by atoms with Gasteiger partial charge in [-0.3, -0.25) is 0 Å². The molecule has 23 heavy (non-hydrogen) atoms. The van der Waals surface area contributed by atoms with Crippen molar-refractivity contribution in [2.45, 2.75) is 37.1 Å². The summed E-state index contributed by atoms with van der Waals surface area (Å²) in [7, 11) is -3.60. The molecule has 0 radical (unpaired) electrons. The van der Waals surface area contributed by atoms with Crippen molar-refractivity contribution in [3.05, 3.63) is 65.7 Å². The third-order valence-electron chi connectivity index (χ3n) is 3.77. The number of nitrogens with one attached hydrogen (secondary N) is 1. The van der Waals surface area contributed by atoms with Crippen molar-refractivity contribution in [1.82, 2.24) is 4.72 Å². The number of sulfonamides is 1.